The fourth-order valence-electron chi connectivity index (χ4n) is 3.54. The highest BCUT2D eigenvalue weighted by molar-refractivity contribution is 5.73. The van der Waals surface area contributed by atoms with E-state index in [4.69, 9.17) is 19.4 Å². The maximum Gasteiger partial charge on any atom is 0.490 e. The molecule has 10 heteroatoms. The van der Waals surface area contributed by atoms with Crippen LogP contribution in [0.1, 0.15) is 18.4 Å². The van der Waals surface area contributed by atoms with E-state index in [9.17, 15) is 13.2 Å². The summed E-state index contributed by atoms with van der Waals surface area (Å²) in [4.78, 5) is 19.6. The number of aliphatic carboxylic acids is 1. The average molecular weight is 425 g/mol. The van der Waals surface area contributed by atoms with Crippen LogP contribution in [0.4, 0.5) is 13.2 Å². The van der Waals surface area contributed by atoms with Crippen molar-refractivity contribution in [1.82, 2.24) is 14.9 Å². The van der Waals surface area contributed by atoms with Crippen molar-refractivity contribution >= 4 is 5.97 Å². The Morgan fingerprint density at radius 3 is 2.57 bits per heavy atom. The molecule has 1 unspecified atom stereocenters. The zero-order valence-corrected chi connectivity index (χ0v) is 16.1. The van der Waals surface area contributed by atoms with E-state index in [-0.39, 0.29) is 11.7 Å². The number of nitrogens with zero attached hydrogens (tertiary/aromatic N) is 3. The van der Waals surface area contributed by atoms with Gasteiger partial charge in [0, 0.05) is 44.9 Å². The summed E-state index contributed by atoms with van der Waals surface area (Å²) in [7, 11) is 0. The second-order valence-electron chi connectivity index (χ2n) is 7.24. The summed E-state index contributed by atoms with van der Waals surface area (Å²) in [6.07, 6.45) is 1.91. The molecule has 2 aliphatic heterocycles. The highest BCUT2D eigenvalue weighted by atomic mass is 19.4. The lowest BCUT2D eigenvalue weighted by atomic mass is 9.84. The van der Waals surface area contributed by atoms with Gasteiger partial charge in [-0.1, -0.05) is 30.3 Å². The molecule has 0 saturated carbocycles. The molecule has 1 N–H and O–H groups in total. The maximum absolute atomic E-state index is 10.6. The minimum atomic E-state index is -5.08. The third-order valence-corrected chi connectivity index (χ3v) is 4.79. The molecule has 1 aromatic heterocycles. The molecule has 2 aromatic rings. The number of benzene rings is 1. The molecule has 162 valence electrons. The standard InChI is InChI=1S/C18H21N3O2.C2HF3O2/c1-2-4-15(5-3-1)12-21-13-18(14-21)10-16(6-9-22-18)23-17-11-19-7-8-20-17;3-2(4,5)1(6)7/h1-5,7-8,11,16H,6,9-10,12-14H2;(H,6,7). The number of rotatable bonds is 4. The largest absolute Gasteiger partial charge is 0.490 e. The predicted octanol–water partition coefficient (Wildman–Crippen LogP) is 2.92. The Morgan fingerprint density at radius 1 is 1.27 bits per heavy atom. The van der Waals surface area contributed by atoms with Crippen LogP contribution in [0.3, 0.4) is 0 Å². The number of ether oxygens (including phenoxy) is 2. The number of carboxylic acids is 1. The molecular weight excluding hydrogens is 403 g/mol. The number of hydrogen-bond acceptors (Lipinski definition) is 6. The van der Waals surface area contributed by atoms with Crippen LogP contribution in [-0.4, -0.2) is 63.5 Å². The molecule has 4 rings (SSSR count). The van der Waals surface area contributed by atoms with Gasteiger partial charge in [-0.25, -0.2) is 9.78 Å². The van der Waals surface area contributed by atoms with Crippen molar-refractivity contribution in [1.29, 1.82) is 0 Å². The van der Waals surface area contributed by atoms with Gasteiger partial charge in [-0.3, -0.25) is 9.88 Å². The normalized spacial score (nSPS) is 20.6. The molecule has 2 saturated heterocycles. The van der Waals surface area contributed by atoms with Crippen molar-refractivity contribution in [2.24, 2.45) is 0 Å². The number of alkyl halides is 3. The van der Waals surface area contributed by atoms with E-state index >= 15 is 0 Å². The van der Waals surface area contributed by atoms with E-state index < -0.39 is 12.1 Å². The molecule has 0 aliphatic carbocycles. The van der Waals surface area contributed by atoms with E-state index in [2.05, 4.69) is 45.2 Å². The molecule has 2 aliphatic rings. The van der Waals surface area contributed by atoms with Crippen molar-refractivity contribution in [3.63, 3.8) is 0 Å². The van der Waals surface area contributed by atoms with Crippen molar-refractivity contribution in [3.05, 3.63) is 54.5 Å². The van der Waals surface area contributed by atoms with Crippen LogP contribution in [0.2, 0.25) is 0 Å². The van der Waals surface area contributed by atoms with Gasteiger partial charge in [0.25, 0.3) is 0 Å². The molecule has 1 atom stereocenters. The quantitative estimate of drug-likeness (QED) is 0.806. The van der Waals surface area contributed by atoms with Gasteiger partial charge in [-0.05, 0) is 5.56 Å². The lowest BCUT2D eigenvalue weighted by Crippen LogP contribution is -2.65. The van der Waals surface area contributed by atoms with Gasteiger partial charge in [0.15, 0.2) is 0 Å². The molecule has 2 fully saturated rings. The predicted molar refractivity (Wildman–Crippen MR) is 99.8 cm³/mol. The lowest BCUT2D eigenvalue weighted by Gasteiger charge is -2.53. The van der Waals surface area contributed by atoms with Crippen molar-refractivity contribution in [2.45, 2.75) is 37.3 Å². The topological polar surface area (TPSA) is 84.8 Å². The van der Waals surface area contributed by atoms with Crippen molar-refractivity contribution < 1.29 is 32.5 Å². The fraction of sp³-hybridized carbons (Fsp3) is 0.450. The Hall–Kier alpha value is -2.72. The first-order chi connectivity index (χ1) is 14.3. The van der Waals surface area contributed by atoms with Crippen LogP contribution < -0.4 is 4.74 Å². The number of likely N-dealkylation sites (tertiary alicyclic amines) is 1. The third kappa shape index (κ3) is 6.14. The number of hydrogen-bond donors (Lipinski definition) is 1. The summed E-state index contributed by atoms with van der Waals surface area (Å²) in [6.45, 7) is 3.69. The zero-order chi connectivity index (χ0) is 21.6. The van der Waals surface area contributed by atoms with E-state index in [1.807, 2.05) is 0 Å². The van der Waals surface area contributed by atoms with E-state index in [1.54, 1.807) is 18.6 Å². The summed E-state index contributed by atoms with van der Waals surface area (Å²) in [6, 6.07) is 10.6. The third-order valence-electron chi connectivity index (χ3n) is 4.79. The second kappa shape index (κ2) is 9.40. The van der Waals surface area contributed by atoms with Crippen molar-refractivity contribution in [3.8, 4) is 5.88 Å². The van der Waals surface area contributed by atoms with E-state index in [0.29, 0.717) is 5.88 Å². The van der Waals surface area contributed by atoms with Gasteiger partial charge in [-0.2, -0.15) is 13.2 Å². The van der Waals surface area contributed by atoms with Gasteiger partial charge in [-0.15, -0.1) is 0 Å². The SMILES string of the molecule is O=C(O)C(F)(F)F.c1ccc(CN2CC3(CC(Oc4cnccn4)CCO3)C2)cc1. The van der Waals surface area contributed by atoms with Gasteiger partial charge >= 0.3 is 12.1 Å². The smallest absolute Gasteiger partial charge is 0.475 e. The fourth-order valence-corrected chi connectivity index (χ4v) is 3.54. The Balaban J connectivity index is 0.000000318. The molecule has 1 aromatic carbocycles. The van der Waals surface area contributed by atoms with Gasteiger partial charge in [0.05, 0.1) is 18.4 Å². The molecule has 0 bridgehead atoms. The van der Waals surface area contributed by atoms with Crippen molar-refractivity contribution in [2.75, 3.05) is 19.7 Å². The van der Waals surface area contributed by atoms with Gasteiger partial charge in [0.1, 0.15) is 6.10 Å². The summed E-state index contributed by atoms with van der Waals surface area (Å²) in [5.74, 6) is -2.15. The summed E-state index contributed by atoms with van der Waals surface area (Å²) < 4.78 is 43.8. The number of carbonyl (C=O) groups is 1. The minimum absolute atomic E-state index is 0.0418. The molecular formula is C20H22F3N3O4. The molecule has 30 heavy (non-hydrogen) atoms. The second-order valence-corrected chi connectivity index (χ2v) is 7.24. The monoisotopic (exact) mass is 425 g/mol. The Bertz CT molecular complexity index is 815. The van der Waals surface area contributed by atoms with E-state index in [0.717, 1.165) is 39.1 Å². The van der Waals surface area contributed by atoms with E-state index in [1.165, 1.54) is 5.56 Å². The lowest BCUT2D eigenvalue weighted by molar-refractivity contribution is -0.192. The Labute approximate surface area is 171 Å². The van der Waals surface area contributed by atoms with Crippen LogP contribution in [0.25, 0.3) is 0 Å². The number of aromatic nitrogens is 2. The Morgan fingerprint density at radius 2 is 1.97 bits per heavy atom. The van der Waals surface area contributed by atoms with Gasteiger partial charge < -0.3 is 14.6 Å². The minimum Gasteiger partial charge on any atom is -0.475 e. The maximum atomic E-state index is 10.6. The summed E-state index contributed by atoms with van der Waals surface area (Å²) in [5, 5.41) is 7.12. The van der Waals surface area contributed by atoms with Gasteiger partial charge in [0.2, 0.25) is 5.88 Å². The highest BCUT2D eigenvalue weighted by Gasteiger charge is 2.48. The van der Waals surface area contributed by atoms with Crippen LogP contribution >= 0.6 is 0 Å². The zero-order valence-electron chi connectivity index (χ0n) is 16.1. The van der Waals surface area contributed by atoms with Crippen LogP contribution in [0.5, 0.6) is 5.88 Å². The number of carboxylic acid groups (broad SMARTS) is 1. The molecule has 0 radical (unpaired) electrons. The first-order valence-electron chi connectivity index (χ1n) is 9.39. The summed E-state index contributed by atoms with van der Waals surface area (Å²) in [5.41, 5.74) is 1.31. The first-order valence-corrected chi connectivity index (χ1v) is 9.39. The molecule has 0 amide bonds. The first kappa shape index (κ1) is 22.0. The van der Waals surface area contributed by atoms with Crippen LogP contribution in [0.15, 0.2) is 48.9 Å². The van der Waals surface area contributed by atoms with Crippen LogP contribution in [-0.2, 0) is 16.1 Å². The highest BCUT2D eigenvalue weighted by Crippen LogP contribution is 2.36. The molecule has 1 spiro atoms. The Kier molecular flexibility index (Phi) is 6.88. The molecule has 3 heterocycles. The number of halogens is 3. The average Bonchev–Trinajstić information content (AvgIpc) is 2.68. The summed E-state index contributed by atoms with van der Waals surface area (Å²) >= 11 is 0. The molecule has 7 nitrogen and oxygen atoms in total. The van der Waals surface area contributed by atoms with Crippen LogP contribution in [0, 0.1) is 0 Å².